The maximum Gasteiger partial charge on any atom is 0.193 e. The monoisotopic (exact) mass is 569 g/mol. The van der Waals surface area contributed by atoms with E-state index in [4.69, 9.17) is 13.6 Å². The van der Waals surface area contributed by atoms with Crippen LogP contribution < -0.4 is 0 Å². The first-order chi connectivity index (χ1) is 18.0. The molecule has 0 aromatic heterocycles. The Morgan fingerprint density at radius 3 is 1.69 bits per heavy atom. The summed E-state index contributed by atoms with van der Waals surface area (Å²) in [7, 11) is -4.43. The predicted molar refractivity (Wildman–Crippen MR) is 169 cm³/mol. The minimum Gasteiger partial charge on any atom is -0.624 e. The summed E-state index contributed by atoms with van der Waals surface area (Å²) >= 11 is 0. The molecule has 0 spiro atoms. The predicted octanol–water partition coefficient (Wildman–Crippen LogP) is 8.32. The Kier molecular flexibility index (Phi) is 11.9. The smallest absolute Gasteiger partial charge is 0.193 e. The summed E-state index contributed by atoms with van der Waals surface area (Å²) in [6, 6.07) is 19.9. The molecule has 2 aromatic carbocycles. The zero-order valence-electron chi connectivity index (χ0n) is 25.9. The summed E-state index contributed by atoms with van der Waals surface area (Å²) in [5, 5.41) is 13.3. The van der Waals surface area contributed by atoms with Gasteiger partial charge in [-0.1, -0.05) is 114 Å². The van der Waals surface area contributed by atoms with Crippen LogP contribution in [0.3, 0.4) is 0 Å². The lowest BCUT2D eigenvalue weighted by molar-refractivity contribution is -0.472. The van der Waals surface area contributed by atoms with E-state index in [1.807, 2.05) is 60.7 Å². The lowest BCUT2D eigenvalue weighted by Crippen LogP contribution is -2.52. The fraction of sp³-hybridized carbons (Fsp3) is 0.531. The van der Waals surface area contributed by atoms with Crippen LogP contribution in [0.5, 0.6) is 0 Å². The minimum atomic E-state index is -2.24. The number of nitrogens with zero attached hydrogens (tertiary/aromatic N) is 1. The number of rotatable bonds is 13. The third kappa shape index (κ3) is 10.8. The van der Waals surface area contributed by atoms with Gasteiger partial charge in [-0.2, -0.15) is 0 Å². The van der Waals surface area contributed by atoms with Gasteiger partial charge in [0, 0.05) is 5.56 Å². The molecule has 0 unspecified atom stereocenters. The molecule has 0 saturated heterocycles. The molecule has 2 rings (SSSR count). The molecule has 5 nitrogen and oxygen atoms in total. The number of hydrogen-bond acceptors (Lipinski definition) is 4. The van der Waals surface area contributed by atoms with Crippen LogP contribution in [-0.4, -0.2) is 46.4 Å². The lowest BCUT2D eigenvalue weighted by atomic mass is 10.2. The highest BCUT2D eigenvalue weighted by Gasteiger charge is 2.44. The fourth-order valence-electron chi connectivity index (χ4n) is 3.42. The van der Waals surface area contributed by atoms with E-state index in [-0.39, 0.29) is 16.6 Å². The van der Waals surface area contributed by atoms with E-state index in [2.05, 4.69) is 79.9 Å². The average molecular weight is 570 g/mol. The fourth-order valence-corrected chi connectivity index (χ4v) is 5.90. The van der Waals surface area contributed by atoms with Crippen molar-refractivity contribution in [2.45, 2.75) is 103 Å². The maximum atomic E-state index is 13.3. The van der Waals surface area contributed by atoms with Gasteiger partial charge in [-0.25, -0.2) is 4.74 Å². The third-order valence-electron chi connectivity index (χ3n) is 7.94. The standard InChI is InChI=1S/C32H51NO4Si2/c1-31(2,3)38(7,8)36-29(22-17-23-35-26-28-20-15-12-16-21-28)30(37-39(9,10)32(4,5)6)25-33(34)24-27-18-13-11-14-19-27/h11-22,25,29-30H,23-24,26H2,1-10H3/b22-17-,33-25-/t29-,30-/m0/s1. The molecule has 39 heavy (non-hydrogen) atoms. The first-order valence-electron chi connectivity index (χ1n) is 14.0. The van der Waals surface area contributed by atoms with Crippen LogP contribution >= 0.6 is 0 Å². The number of benzene rings is 2. The average Bonchev–Trinajstić information content (AvgIpc) is 2.82. The molecule has 2 atom stereocenters. The molecule has 0 aliphatic rings. The molecule has 0 N–H and O–H groups in total. The van der Waals surface area contributed by atoms with Crippen molar-refractivity contribution in [1.82, 2.24) is 0 Å². The second-order valence-electron chi connectivity index (χ2n) is 13.3. The zero-order valence-corrected chi connectivity index (χ0v) is 27.9. The summed E-state index contributed by atoms with van der Waals surface area (Å²) < 4.78 is 20.8. The van der Waals surface area contributed by atoms with Gasteiger partial charge in [-0.3, -0.25) is 0 Å². The van der Waals surface area contributed by atoms with E-state index >= 15 is 0 Å². The van der Waals surface area contributed by atoms with Crippen molar-refractivity contribution in [2.75, 3.05) is 6.61 Å². The van der Waals surface area contributed by atoms with Crippen LogP contribution in [0.1, 0.15) is 52.7 Å². The molecule has 0 bridgehead atoms. The number of ether oxygens (including phenoxy) is 1. The molecule has 0 heterocycles. The van der Waals surface area contributed by atoms with Gasteiger partial charge in [0.1, 0.15) is 0 Å². The Morgan fingerprint density at radius 2 is 1.21 bits per heavy atom. The minimum absolute atomic E-state index is 0.00557. The van der Waals surface area contributed by atoms with Crippen molar-refractivity contribution >= 4 is 22.8 Å². The molecule has 2 aromatic rings. The highest BCUT2D eigenvalue weighted by atomic mass is 28.4. The van der Waals surface area contributed by atoms with Gasteiger partial charge in [-0.05, 0) is 41.8 Å². The Bertz CT molecular complexity index is 1060. The van der Waals surface area contributed by atoms with Gasteiger partial charge in [0.2, 0.25) is 0 Å². The molecule has 0 amide bonds. The first kappa shape index (κ1) is 33.2. The first-order valence-corrected chi connectivity index (χ1v) is 19.8. The highest BCUT2D eigenvalue weighted by Crippen LogP contribution is 2.40. The maximum absolute atomic E-state index is 13.3. The third-order valence-corrected chi connectivity index (χ3v) is 16.9. The van der Waals surface area contributed by atoms with Crippen molar-refractivity contribution in [3.63, 3.8) is 0 Å². The van der Waals surface area contributed by atoms with Gasteiger partial charge in [0.25, 0.3) is 0 Å². The molecule has 0 saturated carbocycles. The quantitative estimate of drug-likeness (QED) is 0.0463. The van der Waals surface area contributed by atoms with Crippen molar-refractivity contribution in [2.24, 2.45) is 0 Å². The van der Waals surface area contributed by atoms with Crippen molar-refractivity contribution in [3.05, 3.63) is 89.1 Å². The second kappa shape index (κ2) is 14.0. The van der Waals surface area contributed by atoms with E-state index in [1.54, 1.807) is 6.21 Å². The molecule has 216 valence electrons. The van der Waals surface area contributed by atoms with Gasteiger partial charge in [0.15, 0.2) is 35.5 Å². The molecular formula is C32H51NO4Si2. The van der Waals surface area contributed by atoms with Crippen molar-refractivity contribution in [3.8, 4) is 0 Å². The van der Waals surface area contributed by atoms with Crippen LogP contribution in [-0.2, 0) is 26.7 Å². The van der Waals surface area contributed by atoms with Gasteiger partial charge in [0.05, 0.1) is 19.3 Å². The summed E-state index contributed by atoms with van der Waals surface area (Å²) in [6.45, 7) is 23.5. The van der Waals surface area contributed by atoms with Crippen LogP contribution in [0.15, 0.2) is 72.8 Å². The number of hydroxylamine groups is 1. The molecule has 0 fully saturated rings. The summed E-state index contributed by atoms with van der Waals surface area (Å²) in [5.41, 5.74) is 2.09. The van der Waals surface area contributed by atoms with E-state index in [9.17, 15) is 5.21 Å². The summed E-state index contributed by atoms with van der Waals surface area (Å²) in [4.78, 5) is 0. The van der Waals surface area contributed by atoms with E-state index in [1.165, 1.54) is 0 Å². The zero-order chi connectivity index (χ0) is 29.3. The van der Waals surface area contributed by atoms with Crippen LogP contribution in [0, 0.1) is 5.21 Å². The molecule has 0 aliphatic heterocycles. The van der Waals surface area contributed by atoms with Gasteiger partial charge in [-0.15, -0.1) is 0 Å². The van der Waals surface area contributed by atoms with Crippen molar-refractivity contribution in [1.29, 1.82) is 0 Å². The topological polar surface area (TPSA) is 53.8 Å². The number of hydrogen-bond donors (Lipinski definition) is 0. The summed E-state index contributed by atoms with van der Waals surface area (Å²) in [6.07, 6.45) is 4.79. The largest absolute Gasteiger partial charge is 0.624 e. The Hall–Kier alpha value is -2.04. The Balaban J connectivity index is 2.38. The van der Waals surface area contributed by atoms with Crippen LogP contribution in [0.4, 0.5) is 0 Å². The summed E-state index contributed by atoms with van der Waals surface area (Å²) in [5.74, 6) is 0. The van der Waals surface area contributed by atoms with E-state index < -0.39 is 28.8 Å². The SMILES string of the molecule is CC(C)(C)[Si](C)(C)O[C@@H](/C=C\COCc1ccccc1)[C@H](/C=[N+](\[O-])Cc1ccccc1)O[Si](C)(C)C(C)(C)C. The molecule has 0 radical (unpaired) electrons. The van der Waals surface area contributed by atoms with Crippen LogP contribution in [0.2, 0.25) is 36.3 Å². The van der Waals surface area contributed by atoms with E-state index in [0.717, 1.165) is 15.9 Å². The molecule has 0 aliphatic carbocycles. The van der Waals surface area contributed by atoms with Crippen LogP contribution in [0.25, 0.3) is 0 Å². The lowest BCUT2D eigenvalue weighted by Gasteiger charge is -2.43. The van der Waals surface area contributed by atoms with Gasteiger partial charge >= 0.3 is 0 Å². The Morgan fingerprint density at radius 1 is 0.744 bits per heavy atom. The van der Waals surface area contributed by atoms with Gasteiger partial charge < -0.3 is 18.8 Å². The Labute approximate surface area is 239 Å². The highest BCUT2D eigenvalue weighted by molar-refractivity contribution is 6.74. The van der Waals surface area contributed by atoms with E-state index in [0.29, 0.717) is 13.2 Å². The second-order valence-corrected chi connectivity index (χ2v) is 22.8. The van der Waals surface area contributed by atoms with Crippen molar-refractivity contribution < 1.29 is 18.3 Å². The normalized spacial score (nSPS) is 15.5. The molecular weight excluding hydrogens is 519 g/mol. The molecule has 7 heteroatoms.